The summed E-state index contributed by atoms with van der Waals surface area (Å²) < 4.78 is 4.58. The molecule has 0 aliphatic rings. The van der Waals surface area contributed by atoms with Crippen LogP contribution in [0.25, 0.3) is 0 Å². The van der Waals surface area contributed by atoms with Gasteiger partial charge in [-0.15, -0.1) is 0 Å². The van der Waals surface area contributed by atoms with Crippen molar-refractivity contribution in [2.24, 2.45) is 0 Å². The second kappa shape index (κ2) is 7.50. The molecule has 0 atom stereocenters. The number of rotatable bonds is 5. The standard InChI is InChI=1S/C14H17Cl2NO3/c1-9(2)17(8-7-12(18)20-3)14(19)10-5-4-6-11(15)13(10)16/h4-6,9H,7-8H2,1-3H3. The summed E-state index contributed by atoms with van der Waals surface area (Å²) in [5.41, 5.74) is 0.331. The molecule has 0 unspecified atom stereocenters. The van der Waals surface area contributed by atoms with Gasteiger partial charge in [-0.3, -0.25) is 9.59 Å². The normalized spacial score (nSPS) is 10.5. The average molecular weight is 318 g/mol. The van der Waals surface area contributed by atoms with Crippen LogP contribution in [-0.2, 0) is 9.53 Å². The predicted octanol–water partition coefficient (Wildman–Crippen LogP) is 3.41. The highest BCUT2D eigenvalue weighted by Crippen LogP contribution is 2.27. The van der Waals surface area contributed by atoms with Crippen molar-refractivity contribution in [1.82, 2.24) is 4.90 Å². The number of carbonyl (C=O) groups excluding carboxylic acids is 2. The second-order valence-electron chi connectivity index (χ2n) is 4.52. The first kappa shape index (κ1) is 16.8. The van der Waals surface area contributed by atoms with E-state index in [0.29, 0.717) is 10.6 Å². The minimum Gasteiger partial charge on any atom is -0.469 e. The first-order chi connectivity index (χ1) is 9.38. The molecule has 0 bridgehead atoms. The SMILES string of the molecule is COC(=O)CCN(C(=O)c1cccc(Cl)c1Cl)C(C)C. The third kappa shape index (κ3) is 4.12. The molecule has 20 heavy (non-hydrogen) atoms. The molecule has 1 aromatic rings. The van der Waals surface area contributed by atoms with Crippen molar-refractivity contribution in [2.75, 3.05) is 13.7 Å². The lowest BCUT2D eigenvalue weighted by atomic mass is 10.1. The molecular weight excluding hydrogens is 301 g/mol. The maximum Gasteiger partial charge on any atom is 0.307 e. The average Bonchev–Trinajstić information content (AvgIpc) is 2.41. The summed E-state index contributed by atoms with van der Waals surface area (Å²) in [6, 6.07) is 4.83. The fourth-order valence-electron chi connectivity index (χ4n) is 1.73. The number of hydrogen-bond donors (Lipinski definition) is 0. The summed E-state index contributed by atoms with van der Waals surface area (Å²) in [7, 11) is 1.32. The van der Waals surface area contributed by atoms with Gasteiger partial charge in [0.25, 0.3) is 5.91 Å². The molecule has 0 N–H and O–H groups in total. The molecule has 1 amide bonds. The Morgan fingerprint density at radius 1 is 1.30 bits per heavy atom. The van der Waals surface area contributed by atoms with E-state index in [1.165, 1.54) is 7.11 Å². The zero-order valence-electron chi connectivity index (χ0n) is 11.7. The van der Waals surface area contributed by atoms with Gasteiger partial charge in [0.1, 0.15) is 0 Å². The number of hydrogen-bond acceptors (Lipinski definition) is 3. The molecule has 0 aliphatic carbocycles. The minimum atomic E-state index is -0.361. The van der Waals surface area contributed by atoms with E-state index >= 15 is 0 Å². The van der Waals surface area contributed by atoms with Crippen molar-refractivity contribution in [3.05, 3.63) is 33.8 Å². The van der Waals surface area contributed by atoms with Crippen LogP contribution in [0.1, 0.15) is 30.6 Å². The Balaban J connectivity index is 2.94. The van der Waals surface area contributed by atoms with Crippen molar-refractivity contribution >= 4 is 35.1 Å². The largest absolute Gasteiger partial charge is 0.469 e. The summed E-state index contributed by atoms with van der Waals surface area (Å²) in [6.07, 6.45) is 0.138. The molecule has 0 saturated heterocycles. The summed E-state index contributed by atoms with van der Waals surface area (Å²) in [6.45, 7) is 4.01. The molecule has 0 fully saturated rings. The highest BCUT2D eigenvalue weighted by Gasteiger charge is 2.22. The van der Waals surface area contributed by atoms with Gasteiger partial charge in [-0.2, -0.15) is 0 Å². The van der Waals surface area contributed by atoms with Crippen LogP contribution >= 0.6 is 23.2 Å². The van der Waals surface area contributed by atoms with E-state index in [-0.39, 0.29) is 35.9 Å². The van der Waals surface area contributed by atoms with Gasteiger partial charge >= 0.3 is 5.97 Å². The molecule has 110 valence electrons. The lowest BCUT2D eigenvalue weighted by molar-refractivity contribution is -0.140. The first-order valence-corrected chi connectivity index (χ1v) is 6.95. The Bertz CT molecular complexity index is 503. The topological polar surface area (TPSA) is 46.6 Å². The molecule has 1 rings (SSSR count). The Labute approximate surface area is 128 Å². The van der Waals surface area contributed by atoms with E-state index in [0.717, 1.165) is 0 Å². The van der Waals surface area contributed by atoms with Crippen molar-refractivity contribution < 1.29 is 14.3 Å². The fraction of sp³-hybridized carbons (Fsp3) is 0.429. The molecule has 4 nitrogen and oxygen atoms in total. The molecule has 0 heterocycles. The van der Waals surface area contributed by atoms with Crippen LogP contribution in [0.2, 0.25) is 10.0 Å². The Morgan fingerprint density at radius 3 is 2.50 bits per heavy atom. The predicted molar refractivity (Wildman–Crippen MR) is 79.3 cm³/mol. The van der Waals surface area contributed by atoms with Crippen LogP contribution in [-0.4, -0.2) is 36.5 Å². The van der Waals surface area contributed by atoms with Crippen LogP contribution in [0.4, 0.5) is 0 Å². The Hall–Kier alpha value is -1.26. The van der Waals surface area contributed by atoms with Crippen molar-refractivity contribution in [1.29, 1.82) is 0 Å². The van der Waals surface area contributed by atoms with Gasteiger partial charge in [0.05, 0.1) is 29.1 Å². The third-order valence-electron chi connectivity index (χ3n) is 2.85. The quantitative estimate of drug-likeness (QED) is 0.782. The van der Waals surface area contributed by atoms with Crippen LogP contribution in [0, 0.1) is 0 Å². The summed E-state index contributed by atoms with van der Waals surface area (Å²) in [5, 5.41) is 0.553. The van der Waals surface area contributed by atoms with E-state index in [4.69, 9.17) is 23.2 Å². The van der Waals surface area contributed by atoms with Gasteiger partial charge in [-0.25, -0.2) is 0 Å². The highest BCUT2D eigenvalue weighted by molar-refractivity contribution is 6.43. The van der Waals surface area contributed by atoms with Crippen LogP contribution < -0.4 is 0 Å². The van der Waals surface area contributed by atoms with E-state index in [9.17, 15) is 9.59 Å². The Kier molecular flexibility index (Phi) is 6.30. The number of amides is 1. The number of methoxy groups -OCH3 is 1. The van der Waals surface area contributed by atoms with E-state index < -0.39 is 0 Å². The van der Waals surface area contributed by atoms with E-state index in [1.54, 1.807) is 23.1 Å². The molecule has 6 heteroatoms. The van der Waals surface area contributed by atoms with Gasteiger partial charge in [0.2, 0.25) is 0 Å². The number of nitrogens with zero attached hydrogens (tertiary/aromatic N) is 1. The summed E-state index contributed by atoms with van der Waals surface area (Å²) in [4.78, 5) is 25.3. The minimum absolute atomic E-state index is 0.0674. The second-order valence-corrected chi connectivity index (χ2v) is 5.30. The molecule has 0 saturated carbocycles. The van der Waals surface area contributed by atoms with Crippen LogP contribution in [0.5, 0.6) is 0 Å². The van der Waals surface area contributed by atoms with Gasteiger partial charge in [-0.05, 0) is 26.0 Å². The van der Waals surface area contributed by atoms with Crippen molar-refractivity contribution in [2.45, 2.75) is 26.3 Å². The Morgan fingerprint density at radius 2 is 1.95 bits per heavy atom. The number of benzene rings is 1. The van der Waals surface area contributed by atoms with Crippen molar-refractivity contribution in [3.63, 3.8) is 0 Å². The molecule has 0 aromatic heterocycles. The third-order valence-corrected chi connectivity index (χ3v) is 3.67. The van der Waals surface area contributed by atoms with Gasteiger partial charge in [0.15, 0.2) is 0 Å². The smallest absolute Gasteiger partial charge is 0.307 e. The van der Waals surface area contributed by atoms with E-state index in [2.05, 4.69) is 4.74 Å². The van der Waals surface area contributed by atoms with Gasteiger partial charge in [0, 0.05) is 12.6 Å². The number of carbonyl (C=O) groups is 2. The number of ether oxygens (including phenoxy) is 1. The molecule has 0 radical (unpaired) electrons. The fourth-order valence-corrected chi connectivity index (χ4v) is 2.11. The lowest BCUT2D eigenvalue weighted by Gasteiger charge is -2.27. The summed E-state index contributed by atoms with van der Waals surface area (Å²) >= 11 is 12.0. The molecule has 1 aromatic carbocycles. The van der Waals surface area contributed by atoms with Crippen LogP contribution in [0.3, 0.4) is 0 Å². The lowest BCUT2D eigenvalue weighted by Crippen LogP contribution is -2.38. The number of esters is 1. The highest BCUT2D eigenvalue weighted by atomic mass is 35.5. The molecule has 0 spiro atoms. The van der Waals surface area contributed by atoms with Gasteiger partial charge < -0.3 is 9.64 Å². The monoisotopic (exact) mass is 317 g/mol. The summed E-state index contributed by atoms with van der Waals surface area (Å²) in [5.74, 6) is -0.614. The molecular formula is C14H17Cl2NO3. The number of halogens is 2. The van der Waals surface area contributed by atoms with E-state index in [1.807, 2.05) is 13.8 Å². The zero-order valence-corrected chi connectivity index (χ0v) is 13.2. The maximum absolute atomic E-state index is 12.5. The van der Waals surface area contributed by atoms with Crippen molar-refractivity contribution in [3.8, 4) is 0 Å². The van der Waals surface area contributed by atoms with Gasteiger partial charge in [-0.1, -0.05) is 29.3 Å². The molecule has 0 aliphatic heterocycles. The maximum atomic E-state index is 12.5. The zero-order chi connectivity index (χ0) is 15.3. The first-order valence-electron chi connectivity index (χ1n) is 6.20. The van der Waals surface area contributed by atoms with Crippen LogP contribution in [0.15, 0.2) is 18.2 Å².